The number of para-hydroxylation sites is 1. The number of allylic oxidation sites excluding steroid dienone is 1. The van der Waals surface area contributed by atoms with E-state index in [1.807, 2.05) is 48.5 Å². The van der Waals surface area contributed by atoms with Crippen LogP contribution in [0.15, 0.2) is 107 Å². The van der Waals surface area contributed by atoms with Gasteiger partial charge in [-0.05, 0) is 43.7 Å². The van der Waals surface area contributed by atoms with Crippen molar-refractivity contribution in [1.82, 2.24) is 5.32 Å². The lowest BCUT2D eigenvalue weighted by Crippen LogP contribution is -2.41. The highest BCUT2D eigenvalue weighted by Crippen LogP contribution is 2.41. The first-order valence-corrected chi connectivity index (χ1v) is 12.4. The van der Waals surface area contributed by atoms with Crippen molar-refractivity contribution < 1.29 is 23.8 Å². The number of phenols is 1. The number of rotatable bonds is 8. The Balaban J connectivity index is 1.99. The minimum atomic E-state index is -0.812. The van der Waals surface area contributed by atoms with Gasteiger partial charge in [0.1, 0.15) is 11.7 Å². The Morgan fingerprint density at radius 3 is 2.36 bits per heavy atom. The number of esters is 1. The molecule has 200 valence electrons. The van der Waals surface area contributed by atoms with Crippen LogP contribution in [0, 0.1) is 5.82 Å². The maximum absolute atomic E-state index is 14.2. The van der Waals surface area contributed by atoms with Crippen LogP contribution in [0.2, 0.25) is 0 Å². The number of amidine groups is 1. The summed E-state index contributed by atoms with van der Waals surface area (Å²) in [5.41, 5.74) is 2.97. The third kappa shape index (κ3) is 5.67. The molecule has 0 bridgehead atoms. The Morgan fingerprint density at radius 1 is 1.10 bits per heavy atom. The molecule has 1 aliphatic rings. The van der Waals surface area contributed by atoms with Crippen molar-refractivity contribution >= 4 is 29.6 Å². The highest BCUT2D eigenvalue weighted by atomic mass is 19.1. The largest absolute Gasteiger partial charge is 0.505 e. The maximum Gasteiger partial charge on any atom is 0.336 e. The second-order valence-electron chi connectivity index (χ2n) is 8.66. The molecule has 3 aromatic carbocycles. The number of aromatic hydroxyl groups is 1. The Kier molecular flexibility index (Phi) is 8.40. The van der Waals surface area contributed by atoms with Gasteiger partial charge in [0.15, 0.2) is 11.6 Å². The molecule has 1 aliphatic heterocycles. The van der Waals surface area contributed by atoms with Crippen molar-refractivity contribution in [2.24, 2.45) is 4.99 Å². The summed E-state index contributed by atoms with van der Waals surface area (Å²) in [6.07, 6.45) is 0.676. The van der Waals surface area contributed by atoms with E-state index < -0.39 is 23.5 Å². The average Bonchev–Trinajstić information content (AvgIpc) is 2.95. The molecule has 3 N–H and O–H groups in total. The van der Waals surface area contributed by atoms with Crippen molar-refractivity contribution in [2.45, 2.75) is 19.8 Å². The van der Waals surface area contributed by atoms with E-state index in [-0.39, 0.29) is 12.4 Å². The molecule has 0 aliphatic carbocycles. The molecule has 39 heavy (non-hydrogen) atoms. The third-order valence-corrected chi connectivity index (χ3v) is 6.24. The monoisotopic (exact) mass is 528 g/mol. The van der Waals surface area contributed by atoms with Crippen LogP contribution in [0.1, 0.15) is 25.3 Å². The fraction of sp³-hybridized carbons (Fsp3) is 0.167. The van der Waals surface area contributed by atoms with E-state index >= 15 is 0 Å². The van der Waals surface area contributed by atoms with Crippen molar-refractivity contribution in [1.29, 1.82) is 0 Å². The lowest BCUT2D eigenvalue weighted by atomic mass is 9.80. The van der Waals surface area contributed by atoms with Crippen LogP contribution in [0.25, 0.3) is 0 Å². The Labute approximate surface area is 226 Å². The summed E-state index contributed by atoms with van der Waals surface area (Å²) in [5, 5.41) is 16.0. The van der Waals surface area contributed by atoms with Gasteiger partial charge >= 0.3 is 5.97 Å². The Bertz CT molecular complexity index is 1450. The summed E-state index contributed by atoms with van der Waals surface area (Å²) >= 11 is 0. The van der Waals surface area contributed by atoms with Gasteiger partial charge in [0, 0.05) is 30.1 Å². The van der Waals surface area contributed by atoms with Gasteiger partial charge in [0.2, 0.25) is 6.41 Å². The summed E-state index contributed by atoms with van der Waals surface area (Å²) in [7, 11) is 1.55. The predicted molar refractivity (Wildman–Crippen MR) is 149 cm³/mol. The SMILES string of the molecule is CCOC(=O)C1=C(C)NC(N(C=O)c2ccccc2)=C(C(=NC)Nc2ccc(O)c(F)c2)C1c1ccccc1. The predicted octanol–water partition coefficient (Wildman–Crippen LogP) is 5.07. The molecular formula is C30H29FN4O4. The summed E-state index contributed by atoms with van der Waals surface area (Å²) < 4.78 is 19.7. The van der Waals surface area contributed by atoms with Gasteiger partial charge in [-0.3, -0.25) is 14.7 Å². The van der Waals surface area contributed by atoms with E-state index in [0.29, 0.717) is 40.4 Å². The van der Waals surface area contributed by atoms with Crippen molar-refractivity contribution in [3.8, 4) is 5.75 Å². The van der Waals surface area contributed by atoms with Gasteiger partial charge in [-0.2, -0.15) is 0 Å². The van der Waals surface area contributed by atoms with E-state index in [0.717, 1.165) is 11.6 Å². The summed E-state index contributed by atoms with van der Waals surface area (Å²) in [4.78, 5) is 31.8. The quantitative estimate of drug-likeness (QED) is 0.124. The smallest absolute Gasteiger partial charge is 0.336 e. The lowest BCUT2D eigenvalue weighted by Gasteiger charge is -2.36. The minimum Gasteiger partial charge on any atom is -0.505 e. The highest BCUT2D eigenvalue weighted by Gasteiger charge is 2.39. The molecule has 1 unspecified atom stereocenters. The molecule has 8 nitrogen and oxygen atoms in total. The van der Waals surface area contributed by atoms with Crippen molar-refractivity contribution in [3.63, 3.8) is 0 Å². The highest BCUT2D eigenvalue weighted by molar-refractivity contribution is 6.12. The molecule has 0 saturated carbocycles. The second-order valence-corrected chi connectivity index (χ2v) is 8.66. The van der Waals surface area contributed by atoms with Crippen LogP contribution < -0.4 is 15.5 Å². The molecule has 0 aromatic heterocycles. The lowest BCUT2D eigenvalue weighted by molar-refractivity contribution is -0.138. The summed E-state index contributed by atoms with van der Waals surface area (Å²) in [6.45, 7) is 3.65. The van der Waals surface area contributed by atoms with Gasteiger partial charge in [0.05, 0.1) is 23.8 Å². The van der Waals surface area contributed by atoms with Crippen LogP contribution in [0.4, 0.5) is 15.8 Å². The first kappa shape index (κ1) is 27.1. The summed E-state index contributed by atoms with van der Waals surface area (Å²) in [5.74, 6) is -1.89. The molecule has 4 rings (SSSR count). The number of carbonyl (C=O) groups excluding carboxylic acids is 2. The number of benzene rings is 3. The van der Waals surface area contributed by atoms with Gasteiger partial charge in [-0.25, -0.2) is 9.18 Å². The van der Waals surface area contributed by atoms with Gasteiger partial charge in [0.25, 0.3) is 0 Å². The topological polar surface area (TPSA) is 103 Å². The Morgan fingerprint density at radius 2 is 1.77 bits per heavy atom. The third-order valence-electron chi connectivity index (χ3n) is 6.24. The first-order chi connectivity index (χ1) is 18.9. The number of nitrogens with zero attached hydrogens (tertiary/aromatic N) is 2. The molecular weight excluding hydrogens is 499 g/mol. The molecule has 0 spiro atoms. The van der Waals surface area contributed by atoms with Crippen molar-refractivity contribution in [3.05, 3.63) is 113 Å². The standard InChI is InChI=1S/C30H29FN4O4/c1-4-39-30(38)25-19(2)33-29(35(18-36)22-13-9-6-10-14-22)27(26(25)20-11-7-5-8-12-20)28(32-3)34-21-15-16-24(37)23(31)17-21/h5-18,26,33,37H,4H2,1-3H3,(H,32,34). The molecule has 1 atom stereocenters. The second kappa shape index (κ2) is 12.1. The number of carbonyl (C=O) groups is 2. The normalized spacial score (nSPS) is 15.5. The van der Waals surface area contributed by atoms with Gasteiger partial charge in [-0.15, -0.1) is 0 Å². The molecule has 1 heterocycles. The Hall–Kier alpha value is -4.92. The minimum absolute atomic E-state index is 0.174. The molecule has 0 fully saturated rings. The molecule has 3 aromatic rings. The molecule has 0 saturated heterocycles. The first-order valence-electron chi connectivity index (χ1n) is 12.4. The summed E-state index contributed by atoms with van der Waals surface area (Å²) in [6, 6.07) is 22.2. The van der Waals surface area contributed by atoms with Crippen LogP contribution in [0.5, 0.6) is 5.75 Å². The number of halogens is 1. The van der Waals surface area contributed by atoms with E-state index in [4.69, 9.17) is 4.74 Å². The van der Waals surface area contributed by atoms with Crippen LogP contribution in [0.3, 0.4) is 0 Å². The van der Waals surface area contributed by atoms with E-state index in [9.17, 15) is 19.1 Å². The zero-order valence-electron chi connectivity index (χ0n) is 21.8. The van der Waals surface area contributed by atoms with Gasteiger partial charge in [-0.1, -0.05) is 48.5 Å². The van der Waals surface area contributed by atoms with Crippen molar-refractivity contribution in [2.75, 3.05) is 23.9 Å². The van der Waals surface area contributed by atoms with Crippen LogP contribution in [-0.4, -0.2) is 37.0 Å². The molecule has 1 amide bonds. The number of anilines is 2. The maximum atomic E-state index is 14.2. The van der Waals surface area contributed by atoms with Crippen LogP contribution >= 0.6 is 0 Å². The van der Waals surface area contributed by atoms with E-state index in [1.165, 1.54) is 17.0 Å². The average molecular weight is 529 g/mol. The number of amides is 1. The number of phenolic OH excluding ortho intramolecular Hbond substituents is 1. The molecule has 0 radical (unpaired) electrons. The van der Waals surface area contributed by atoms with E-state index in [1.54, 1.807) is 33.0 Å². The number of nitrogens with one attached hydrogen (secondary N) is 2. The fourth-order valence-corrected chi connectivity index (χ4v) is 4.50. The number of aliphatic imine (C=N–C) groups is 1. The fourth-order valence-electron chi connectivity index (χ4n) is 4.50. The zero-order chi connectivity index (χ0) is 27.9. The number of dihydropyridines is 1. The van der Waals surface area contributed by atoms with E-state index in [2.05, 4.69) is 15.6 Å². The zero-order valence-corrected chi connectivity index (χ0v) is 21.8. The number of ether oxygens (including phenoxy) is 1. The molecule has 9 heteroatoms. The van der Waals surface area contributed by atoms with Gasteiger partial charge < -0.3 is 20.5 Å². The number of hydrogen-bond acceptors (Lipinski definition) is 6. The van der Waals surface area contributed by atoms with Crippen LogP contribution in [-0.2, 0) is 14.3 Å². The number of hydrogen-bond donors (Lipinski definition) is 3.